The van der Waals surface area contributed by atoms with Gasteiger partial charge in [0.25, 0.3) is 0 Å². The summed E-state index contributed by atoms with van der Waals surface area (Å²) in [6.07, 6.45) is 2.71. The van der Waals surface area contributed by atoms with Crippen molar-refractivity contribution in [1.82, 2.24) is 9.38 Å². The molecule has 0 aliphatic rings. The highest BCUT2D eigenvalue weighted by molar-refractivity contribution is 9.10. The first-order valence-corrected chi connectivity index (χ1v) is 6.63. The third-order valence-electron chi connectivity index (χ3n) is 2.48. The van der Waals surface area contributed by atoms with Crippen molar-refractivity contribution >= 4 is 39.1 Å². The molecule has 0 saturated heterocycles. The Balaban J connectivity index is 2.33. The number of aldehydes is 1. The van der Waals surface area contributed by atoms with Crippen molar-refractivity contribution in [2.24, 2.45) is 0 Å². The monoisotopic (exact) mass is 306 g/mol. The van der Waals surface area contributed by atoms with E-state index in [4.69, 9.17) is 0 Å². The minimum absolute atomic E-state index is 0.477. The molecule has 0 amide bonds. The largest absolute Gasteiger partial charge is 0.298 e. The Morgan fingerprint density at radius 2 is 2.29 bits per heavy atom. The number of carbonyl (C=O) groups excluding carboxylic acids is 1. The van der Waals surface area contributed by atoms with Gasteiger partial charge in [-0.2, -0.15) is 0 Å². The Kier molecular flexibility index (Phi) is 2.57. The first-order chi connectivity index (χ1) is 8.29. The molecule has 5 heteroatoms. The lowest BCUT2D eigenvalue weighted by atomic mass is 10.3. The van der Waals surface area contributed by atoms with Crippen LogP contribution in [0.3, 0.4) is 0 Å². The van der Waals surface area contributed by atoms with Crippen LogP contribution in [0.4, 0.5) is 0 Å². The first-order valence-electron chi connectivity index (χ1n) is 4.96. The zero-order chi connectivity index (χ0) is 11.8. The molecular weight excluding hydrogens is 300 g/mol. The van der Waals surface area contributed by atoms with Crippen molar-refractivity contribution in [2.45, 2.75) is 0 Å². The van der Waals surface area contributed by atoms with Gasteiger partial charge in [0.1, 0.15) is 5.69 Å². The molecule has 0 saturated carbocycles. The number of carbonyl (C=O) groups is 1. The molecule has 0 fully saturated rings. The van der Waals surface area contributed by atoms with Gasteiger partial charge in [0.05, 0.1) is 10.4 Å². The molecule has 3 nitrogen and oxygen atoms in total. The number of hydrogen-bond donors (Lipinski definition) is 0. The van der Waals surface area contributed by atoms with Gasteiger partial charge in [-0.05, 0) is 34.1 Å². The third-order valence-corrected chi connectivity index (χ3v) is 4.16. The minimum Gasteiger partial charge on any atom is -0.298 e. The Hall–Kier alpha value is -1.46. The lowest BCUT2D eigenvalue weighted by Crippen LogP contribution is -1.85. The molecule has 3 heterocycles. The Morgan fingerprint density at radius 1 is 1.41 bits per heavy atom. The molecule has 0 radical (unpaired) electrons. The Bertz CT molecular complexity index is 701. The van der Waals surface area contributed by atoms with Crippen LogP contribution in [0.15, 0.2) is 40.3 Å². The summed E-state index contributed by atoms with van der Waals surface area (Å²) >= 11 is 5.02. The van der Waals surface area contributed by atoms with E-state index in [-0.39, 0.29) is 0 Å². The van der Waals surface area contributed by atoms with Crippen molar-refractivity contribution in [2.75, 3.05) is 0 Å². The van der Waals surface area contributed by atoms with Gasteiger partial charge >= 0.3 is 0 Å². The summed E-state index contributed by atoms with van der Waals surface area (Å²) < 4.78 is 2.96. The van der Waals surface area contributed by atoms with Crippen LogP contribution in [0.1, 0.15) is 10.5 Å². The zero-order valence-corrected chi connectivity index (χ0v) is 11.0. The predicted molar refractivity (Wildman–Crippen MR) is 71.6 cm³/mol. The highest BCUT2D eigenvalue weighted by Crippen LogP contribution is 2.30. The molecule has 3 rings (SSSR count). The van der Waals surface area contributed by atoms with E-state index >= 15 is 0 Å². The predicted octanol–water partition coefficient (Wildman–Crippen LogP) is 3.64. The van der Waals surface area contributed by atoms with Crippen LogP contribution in [-0.2, 0) is 0 Å². The molecule has 0 atom stereocenters. The number of halogens is 1. The summed E-state index contributed by atoms with van der Waals surface area (Å²) in [5, 5.41) is 2.00. The van der Waals surface area contributed by atoms with E-state index in [0.29, 0.717) is 5.69 Å². The van der Waals surface area contributed by atoms with Crippen LogP contribution in [0.5, 0.6) is 0 Å². The van der Waals surface area contributed by atoms with Gasteiger partial charge in [-0.25, -0.2) is 4.98 Å². The average molecular weight is 307 g/mol. The van der Waals surface area contributed by atoms with E-state index < -0.39 is 0 Å². The zero-order valence-electron chi connectivity index (χ0n) is 8.63. The minimum atomic E-state index is 0.477. The maximum absolute atomic E-state index is 11.0. The van der Waals surface area contributed by atoms with Crippen molar-refractivity contribution in [3.05, 3.63) is 46.0 Å². The fourth-order valence-corrected chi connectivity index (χ4v) is 3.17. The molecule has 0 spiro atoms. The van der Waals surface area contributed by atoms with Crippen LogP contribution in [0.25, 0.3) is 16.2 Å². The second-order valence-electron chi connectivity index (χ2n) is 3.52. The third kappa shape index (κ3) is 1.71. The number of imidazole rings is 1. The van der Waals surface area contributed by atoms with E-state index in [1.165, 1.54) is 0 Å². The average Bonchev–Trinajstić information content (AvgIpc) is 2.92. The lowest BCUT2D eigenvalue weighted by molar-refractivity contribution is 0.112. The molecule has 3 aromatic rings. The second-order valence-corrected chi connectivity index (χ2v) is 5.35. The van der Waals surface area contributed by atoms with Gasteiger partial charge in [-0.1, -0.05) is 6.07 Å². The number of rotatable bonds is 2. The number of thiophene rings is 1. The van der Waals surface area contributed by atoms with E-state index in [0.717, 1.165) is 27.0 Å². The molecule has 3 aromatic heterocycles. The van der Waals surface area contributed by atoms with Crippen molar-refractivity contribution < 1.29 is 4.79 Å². The van der Waals surface area contributed by atoms with E-state index in [1.54, 1.807) is 11.3 Å². The molecule has 0 aromatic carbocycles. The van der Waals surface area contributed by atoms with Crippen molar-refractivity contribution in [1.29, 1.82) is 0 Å². The lowest BCUT2D eigenvalue weighted by Gasteiger charge is -1.96. The Labute approximate surface area is 110 Å². The van der Waals surface area contributed by atoms with Crippen LogP contribution < -0.4 is 0 Å². The number of aromatic nitrogens is 2. The molecule has 0 bridgehead atoms. The number of nitrogens with zero attached hydrogens (tertiary/aromatic N) is 2. The SMILES string of the molecule is O=Cc1nc(-c2cc(Br)cs2)n2ccccc12. The number of fused-ring (bicyclic) bond motifs is 1. The molecule has 0 N–H and O–H groups in total. The fraction of sp³-hybridized carbons (Fsp3) is 0. The standard InChI is InChI=1S/C12H7BrN2OS/c13-8-5-11(17-7-8)12-14-9(6-16)10-3-1-2-4-15(10)12/h1-7H. The van der Waals surface area contributed by atoms with Crippen LogP contribution >= 0.6 is 27.3 Å². The smallest absolute Gasteiger partial charge is 0.170 e. The molecule has 0 unspecified atom stereocenters. The Morgan fingerprint density at radius 3 is 3.00 bits per heavy atom. The van der Waals surface area contributed by atoms with Gasteiger partial charge in [0.2, 0.25) is 0 Å². The van der Waals surface area contributed by atoms with Gasteiger partial charge in [0, 0.05) is 16.0 Å². The van der Waals surface area contributed by atoms with Gasteiger partial charge in [-0.3, -0.25) is 9.20 Å². The normalized spacial score (nSPS) is 10.9. The highest BCUT2D eigenvalue weighted by Gasteiger charge is 2.12. The summed E-state index contributed by atoms with van der Waals surface area (Å²) in [5.41, 5.74) is 1.31. The van der Waals surface area contributed by atoms with Crippen molar-refractivity contribution in [3.8, 4) is 10.7 Å². The quantitative estimate of drug-likeness (QED) is 0.677. The van der Waals surface area contributed by atoms with Crippen LogP contribution in [0.2, 0.25) is 0 Å². The van der Waals surface area contributed by atoms with E-state index in [9.17, 15) is 4.79 Å². The van der Waals surface area contributed by atoms with Crippen LogP contribution in [0, 0.1) is 0 Å². The summed E-state index contributed by atoms with van der Waals surface area (Å²) in [7, 11) is 0. The second kappa shape index (κ2) is 4.09. The van der Waals surface area contributed by atoms with E-state index in [2.05, 4.69) is 20.9 Å². The van der Waals surface area contributed by atoms with Gasteiger partial charge in [-0.15, -0.1) is 11.3 Å². The van der Waals surface area contributed by atoms with Crippen LogP contribution in [-0.4, -0.2) is 15.7 Å². The van der Waals surface area contributed by atoms with Gasteiger partial charge < -0.3 is 0 Å². The topological polar surface area (TPSA) is 34.4 Å². The maximum Gasteiger partial charge on any atom is 0.170 e. The molecule has 0 aliphatic heterocycles. The summed E-state index contributed by atoms with van der Waals surface area (Å²) in [6.45, 7) is 0. The molecule has 17 heavy (non-hydrogen) atoms. The van der Waals surface area contributed by atoms with Gasteiger partial charge in [0.15, 0.2) is 12.1 Å². The maximum atomic E-state index is 11.0. The molecule has 0 aliphatic carbocycles. The highest BCUT2D eigenvalue weighted by atomic mass is 79.9. The fourth-order valence-electron chi connectivity index (χ4n) is 1.75. The summed E-state index contributed by atoms with van der Waals surface area (Å²) in [6, 6.07) is 7.72. The summed E-state index contributed by atoms with van der Waals surface area (Å²) in [5.74, 6) is 0.804. The molecular formula is C12H7BrN2OS. The van der Waals surface area contributed by atoms with Crippen molar-refractivity contribution in [3.63, 3.8) is 0 Å². The first kappa shape index (κ1) is 10.7. The molecule has 84 valence electrons. The number of pyridine rings is 1. The summed E-state index contributed by atoms with van der Waals surface area (Å²) in [4.78, 5) is 16.4. The van der Waals surface area contributed by atoms with E-state index in [1.807, 2.05) is 40.2 Å². The number of hydrogen-bond acceptors (Lipinski definition) is 3.